The second kappa shape index (κ2) is 7.77. The van der Waals surface area contributed by atoms with E-state index in [4.69, 9.17) is 4.74 Å². The van der Waals surface area contributed by atoms with E-state index in [1.165, 1.54) is 5.56 Å². The Labute approximate surface area is 137 Å². The van der Waals surface area contributed by atoms with Crippen LogP contribution in [0.1, 0.15) is 42.7 Å². The monoisotopic (exact) mass is 306 g/mol. The molecule has 1 atom stereocenters. The molecule has 0 fully saturated rings. The van der Waals surface area contributed by atoms with Crippen molar-refractivity contribution in [3.63, 3.8) is 0 Å². The van der Waals surface area contributed by atoms with Crippen LogP contribution in [-0.4, -0.2) is 5.78 Å². The van der Waals surface area contributed by atoms with Crippen LogP contribution in [0.15, 0.2) is 66.7 Å². The van der Waals surface area contributed by atoms with Crippen LogP contribution < -0.4 is 4.74 Å². The minimum absolute atomic E-state index is 0.256. The molecule has 0 amide bonds. The molecule has 0 spiro atoms. The van der Waals surface area contributed by atoms with Crippen LogP contribution in [0.25, 0.3) is 0 Å². The molecule has 0 saturated carbocycles. The third kappa shape index (κ3) is 4.32. The van der Waals surface area contributed by atoms with Gasteiger partial charge in [-0.15, -0.1) is 0 Å². The fraction of sp³-hybridized carbons (Fsp3) is 0.286. The highest BCUT2D eigenvalue weighted by Gasteiger charge is 2.16. The number of carbonyl (C=O) groups excluding carboxylic acids is 1. The predicted molar refractivity (Wildman–Crippen MR) is 92.6 cm³/mol. The van der Waals surface area contributed by atoms with Gasteiger partial charge >= 0.3 is 0 Å². The van der Waals surface area contributed by atoms with Gasteiger partial charge in [-0.2, -0.15) is 0 Å². The fourth-order valence-corrected chi connectivity index (χ4v) is 2.96. The summed E-state index contributed by atoms with van der Waals surface area (Å²) >= 11 is 0. The summed E-state index contributed by atoms with van der Waals surface area (Å²) in [5.74, 6) is 1.53. The first-order chi connectivity index (χ1) is 11.3. The van der Waals surface area contributed by atoms with Crippen molar-refractivity contribution in [1.82, 2.24) is 0 Å². The Bertz CT molecular complexity index is 673. The minimum Gasteiger partial charge on any atom is -0.489 e. The van der Waals surface area contributed by atoms with Crippen LogP contribution in [0.5, 0.6) is 5.75 Å². The van der Waals surface area contributed by atoms with Gasteiger partial charge < -0.3 is 4.74 Å². The topological polar surface area (TPSA) is 26.3 Å². The molecule has 0 N–H and O–H groups in total. The van der Waals surface area contributed by atoms with Crippen molar-refractivity contribution in [2.45, 2.75) is 38.2 Å². The lowest BCUT2D eigenvalue weighted by atomic mass is 9.89. The second-order valence-corrected chi connectivity index (χ2v) is 5.96. The van der Waals surface area contributed by atoms with E-state index in [-0.39, 0.29) is 5.92 Å². The number of ketones is 1. The smallest absolute Gasteiger partial charge is 0.133 e. The van der Waals surface area contributed by atoms with Gasteiger partial charge in [0.1, 0.15) is 18.1 Å². The lowest BCUT2D eigenvalue weighted by Gasteiger charge is -2.19. The lowest BCUT2D eigenvalue weighted by Crippen LogP contribution is -2.07. The van der Waals surface area contributed by atoms with E-state index in [0.717, 1.165) is 24.2 Å². The molecule has 118 valence electrons. The van der Waals surface area contributed by atoms with Gasteiger partial charge in [-0.1, -0.05) is 60.7 Å². The third-order valence-electron chi connectivity index (χ3n) is 4.25. The van der Waals surface area contributed by atoms with Gasteiger partial charge in [0, 0.05) is 24.3 Å². The molecule has 0 heterocycles. The van der Waals surface area contributed by atoms with Crippen molar-refractivity contribution >= 4 is 5.78 Å². The Morgan fingerprint density at radius 1 is 0.957 bits per heavy atom. The molecule has 0 bridgehead atoms. The number of hydrogen-bond donors (Lipinski definition) is 0. The van der Waals surface area contributed by atoms with Crippen molar-refractivity contribution in [1.29, 1.82) is 0 Å². The number of para-hydroxylation sites is 1. The Morgan fingerprint density at radius 2 is 1.74 bits per heavy atom. The first-order valence-corrected chi connectivity index (χ1v) is 8.27. The fourth-order valence-electron chi connectivity index (χ4n) is 2.96. The molecule has 2 aromatic carbocycles. The number of hydrogen-bond acceptors (Lipinski definition) is 2. The van der Waals surface area contributed by atoms with Crippen LogP contribution in [0.2, 0.25) is 0 Å². The van der Waals surface area contributed by atoms with E-state index in [1.54, 1.807) is 0 Å². The predicted octanol–water partition coefficient (Wildman–Crippen LogP) is 5.05. The summed E-state index contributed by atoms with van der Waals surface area (Å²) in [5.41, 5.74) is 2.33. The maximum Gasteiger partial charge on any atom is 0.133 e. The molecule has 3 rings (SSSR count). The van der Waals surface area contributed by atoms with E-state index in [2.05, 4.69) is 30.4 Å². The number of benzene rings is 2. The molecule has 2 aromatic rings. The number of carbonyl (C=O) groups is 1. The molecule has 2 heteroatoms. The Balaban J connectivity index is 1.76. The van der Waals surface area contributed by atoms with Crippen LogP contribution in [0.3, 0.4) is 0 Å². The first-order valence-electron chi connectivity index (χ1n) is 8.27. The number of ether oxygens (including phenoxy) is 1. The van der Waals surface area contributed by atoms with Crippen LogP contribution in [0.4, 0.5) is 0 Å². The van der Waals surface area contributed by atoms with Crippen molar-refractivity contribution in [3.05, 3.63) is 77.9 Å². The zero-order chi connectivity index (χ0) is 15.9. The normalized spacial score (nSPS) is 19.7. The zero-order valence-electron chi connectivity index (χ0n) is 13.3. The minimum atomic E-state index is 0.256. The highest BCUT2D eigenvalue weighted by atomic mass is 16.5. The third-order valence-corrected chi connectivity index (χ3v) is 4.25. The molecule has 0 saturated heterocycles. The van der Waals surface area contributed by atoms with Gasteiger partial charge in [0.2, 0.25) is 0 Å². The summed E-state index contributed by atoms with van der Waals surface area (Å²) in [5, 5.41) is 0. The van der Waals surface area contributed by atoms with Crippen molar-refractivity contribution in [3.8, 4) is 5.75 Å². The summed E-state index contributed by atoms with van der Waals surface area (Å²) < 4.78 is 6.06. The SMILES string of the molecule is O=C1CC/C=C\C(c2ccccc2OCc2ccccc2)CC1. The van der Waals surface area contributed by atoms with E-state index >= 15 is 0 Å². The molecule has 2 nitrogen and oxygen atoms in total. The summed E-state index contributed by atoms with van der Waals surface area (Å²) in [6.07, 6.45) is 7.41. The average molecular weight is 306 g/mol. The highest BCUT2D eigenvalue weighted by Crippen LogP contribution is 2.32. The number of rotatable bonds is 4. The maximum atomic E-state index is 11.7. The van der Waals surface area contributed by atoms with Crippen LogP contribution >= 0.6 is 0 Å². The van der Waals surface area contributed by atoms with E-state index in [1.807, 2.05) is 36.4 Å². The molecule has 1 aliphatic carbocycles. The first kappa shape index (κ1) is 15.5. The Morgan fingerprint density at radius 3 is 2.61 bits per heavy atom. The zero-order valence-corrected chi connectivity index (χ0v) is 13.3. The quantitative estimate of drug-likeness (QED) is 0.739. The highest BCUT2D eigenvalue weighted by molar-refractivity contribution is 5.78. The molecular formula is C21H22O2. The molecule has 1 unspecified atom stereocenters. The van der Waals surface area contributed by atoms with Gasteiger partial charge in [0.25, 0.3) is 0 Å². The molecule has 0 radical (unpaired) electrons. The van der Waals surface area contributed by atoms with Gasteiger partial charge in [-0.3, -0.25) is 4.79 Å². The number of Topliss-reactive ketones (excluding diaryl/α,β-unsaturated/α-hetero) is 1. The summed E-state index contributed by atoms with van der Waals surface area (Å²) in [7, 11) is 0. The van der Waals surface area contributed by atoms with Gasteiger partial charge in [0.05, 0.1) is 0 Å². The van der Waals surface area contributed by atoms with Gasteiger partial charge in [0.15, 0.2) is 0 Å². The van der Waals surface area contributed by atoms with Gasteiger partial charge in [-0.25, -0.2) is 0 Å². The van der Waals surface area contributed by atoms with Gasteiger partial charge in [-0.05, 0) is 24.5 Å². The summed E-state index contributed by atoms with van der Waals surface area (Å²) in [6.45, 7) is 0.563. The van der Waals surface area contributed by atoms with Crippen molar-refractivity contribution in [2.75, 3.05) is 0 Å². The van der Waals surface area contributed by atoms with Crippen LogP contribution in [0, 0.1) is 0 Å². The average Bonchev–Trinajstić information content (AvgIpc) is 2.58. The Kier molecular flexibility index (Phi) is 5.25. The molecule has 1 aliphatic rings. The lowest BCUT2D eigenvalue weighted by molar-refractivity contribution is -0.119. The van der Waals surface area contributed by atoms with E-state index in [0.29, 0.717) is 25.2 Å². The number of allylic oxidation sites excluding steroid dienone is 2. The largest absolute Gasteiger partial charge is 0.489 e. The maximum absolute atomic E-state index is 11.7. The van der Waals surface area contributed by atoms with Crippen molar-refractivity contribution in [2.24, 2.45) is 0 Å². The second-order valence-electron chi connectivity index (χ2n) is 5.96. The molecule has 0 aromatic heterocycles. The molecular weight excluding hydrogens is 284 g/mol. The van der Waals surface area contributed by atoms with Crippen molar-refractivity contribution < 1.29 is 9.53 Å². The molecule has 23 heavy (non-hydrogen) atoms. The standard InChI is InChI=1S/C21H22O2/c22-19-11-5-4-10-18(14-15-19)20-12-6-7-13-21(20)23-16-17-8-2-1-3-9-17/h1-4,6-10,12-13,18H,5,11,14-16H2/b10-4-. The van der Waals surface area contributed by atoms with E-state index in [9.17, 15) is 4.79 Å². The van der Waals surface area contributed by atoms with E-state index < -0.39 is 0 Å². The summed E-state index contributed by atoms with van der Waals surface area (Å²) in [6, 6.07) is 18.4. The molecule has 0 aliphatic heterocycles. The summed E-state index contributed by atoms with van der Waals surface area (Å²) in [4.78, 5) is 11.7. The Hall–Kier alpha value is -2.35. The van der Waals surface area contributed by atoms with Crippen LogP contribution in [-0.2, 0) is 11.4 Å².